The number of carbonyl (C=O) groups excluding carboxylic acids is 2. The molecule has 3 amide bonds. The highest BCUT2D eigenvalue weighted by atomic mass is 32.1. The molecule has 0 aliphatic heterocycles. The summed E-state index contributed by atoms with van der Waals surface area (Å²) >= 11 is 1.52. The number of rotatable bonds is 5. The van der Waals surface area contributed by atoms with Crippen molar-refractivity contribution in [2.24, 2.45) is 0 Å². The van der Waals surface area contributed by atoms with Gasteiger partial charge in [0, 0.05) is 23.8 Å². The van der Waals surface area contributed by atoms with Gasteiger partial charge in [0.2, 0.25) is 5.91 Å². The first kappa shape index (κ1) is 17.7. The molecule has 1 heterocycles. The van der Waals surface area contributed by atoms with E-state index in [1.54, 1.807) is 24.1 Å². The van der Waals surface area contributed by atoms with Crippen molar-refractivity contribution in [3.8, 4) is 0 Å². The Morgan fingerprint density at radius 3 is 2.27 bits per heavy atom. The van der Waals surface area contributed by atoms with Crippen LogP contribution in [0.5, 0.6) is 0 Å². The second-order valence-corrected chi connectivity index (χ2v) is 6.53. The van der Waals surface area contributed by atoms with Crippen molar-refractivity contribution < 1.29 is 9.59 Å². The van der Waals surface area contributed by atoms with Gasteiger partial charge in [0.05, 0.1) is 12.1 Å². The summed E-state index contributed by atoms with van der Waals surface area (Å²) in [6.07, 6.45) is 0.298. The molecule has 0 aliphatic rings. The van der Waals surface area contributed by atoms with Crippen LogP contribution in [0, 0.1) is 0 Å². The lowest BCUT2D eigenvalue weighted by molar-refractivity contribution is -0.117. The summed E-state index contributed by atoms with van der Waals surface area (Å²) in [6.45, 7) is 0. The van der Waals surface area contributed by atoms with E-state index in [0.29, 0.717) is 12.1 Å². The molecule has 0 fully saturated rings. The van der Waals surface area contributed by atoms with Crippen molar-refractivity contribution in [2.45, 2.75) is 6.42 Å². The number of nitrogens with one attached hydrogen (secondary N) is 2. The maximum absolute atomic E-state index is 12.4. The number of benzene rings is 2. The fourth-order valence-corrected chi connectivity index (χ4v) is 3.01. The zero-order valence-corrected chi connectivity index (χ0v) is 15.1. The molecule has 0 radical (unpaired) electrons. The first-order valence-corrected chi connectivity index (χ1v) is 9.07. The molecule has 0 bridgehead atoms. The standard InChI is InChI=1S/C20H19N3O2S/c1-23(18-5-3-2-4-6-18)19(24)13-15-7-9-16(10-8-15)21-20(25)22-17-11-12-26-14-17/h2-12,14H,13H2,1H3,(H2,21,22,25). The number of hydrogen-bond donors (Lipinski definition) is 2. The van der Waals surface area contributed by atoms with Crippen LogP contribution in [0.3, 0.4) is 0 Å². The van der Waals surface area contributed by atoms with Gasteiger partial charge < -0.3 is 15.5 Å². The Kier molecular flexibility index (Phi) is 5.66. The Morgan fingerprint density at radius 2 is 1.62 bits per heavy atom. The molecule has 6 heteroatoms. The highest BCUT2D eigenvalue weighted by molar-refractivity contribution is 7.08. The Balaban J connectivity index is 1.55. The van der Waals surface area contributed by atoms with Gasteiger partial charge in [0.15, 0.2) is 0 Å². The number of amides is 3. The largest absolute Gasteiger partial charge is 0.323 e. The van der Waals surface area contributed by atoms with E-state index in [0.717, 1.165) is 16.9 Å². The number of thiophene rings is 1. The van der Waals surface area contributed by atoms with E-state index in [9.17, 15) is 9.59 Å². The first-order valence-electron chi connectivity index (χ1n) is 8.12. The molecule has 1 aromatic heterocycles. The molecule has 5 nitrogen and oxygen atoms in total. The highest BCUT2D eigenvalue weighted by Crippen LogP contribution is 2.16. The van der Waals surface area contributed by atoms with Crippen molar-refractivity contribution in [1.29, 1.82) is 0 Å². The fourth-order valence-electron chi connectivity index (χ4n) is 2.42. The number of urea groups is 1. The van der Waals surface area contributed by atoms with Crippen LogP contribution in [0.25, 0.3) is 0 Å². The van der Waals surface area contributed by atoms with Crippen LogP contribution in [0.4, 0.5) is 21.9 Å². The lowest BCUT2D eigenvalue weighted by atomic mass is 10.1. The summed E-state index contributed by atoms with van der Waals surface area (Å²) in [4.78, 5) is 26.0. The van der Waals surface area contributed by atoms with Gasteiger partial charge in [0.25, 0.3) is 0 Å². The lowest BCUT2D eigenvalue weighted by Crippen LogP contribution is -2.27. The zero-order chi connectivity index (χ0) is 18.4. The Bertz CT molecular complexity index is 862. The minimum Gasteiger partial charge on any atom is -0.315 e. The Labute approximate surface area is 156 Å². The highest BCUT2D eigenvalue weighted by Gasteiger charge is 2.11. The average molecular weight is 365 g/mol. The smallest absolute Gasteiger partial charge is 0.315 e. The van der Waals surface area contributed by atoms with Crippen LogP contribution in [-0.2, 0) is 11.2 Å². The predicted molar refractivity (Wildman–Crippen MR) is 107 cm³/mol. The van der Waals surface area contributed by atoms with Crippen molar-refractivity contribution in [1.82, 2.24) is 0 Å². The molecule has 132 valence electrons. The van der Waals surface area contributed by atoms with Crippen LogP contribution in [-0.4, -0.2) is 19.0 Å². The summed E-state index contributed by atoms with van der Waals surface area (Å²) in [7, 11) is 1.77. The monoisotopic (exact) mass is 365 g/mol. The topological polar surface area (TPSA) is 61.4 Å². The molecule has 0 saturated carbocycles. The van der Waals surface area contributed by atoms with Crippen LogP contribution < -0.4 is 15.5 Å². The van der Waals surface area contributed by atoms with E-state index in [2.05, 4.69) is 10.6 Å². The van der Waals surface area contributed by atoms with Gasteiger partial charge in [-0.15, -0.1) is 0 Å². The third-order valence-electron chi connectivity index (χ3n) is 3.86. The molecule has 0 spiro atoms. The lowest BCUT2D eigenvalue weighted by Gasteiger charge is -2.17. The first-order chi connectivity index (χ1) is 12.6. The molecule has 2 aromatic carbocycles. The molecule has 3 rings (SSSR count). The molecule has 3 aromatic rings. The Morgan fingerprint density at radius 1 is 0.923 bits per heavy atom. The number of hydrogen-bond acceptors (Lipinski definition) is 3. The van der Waals surface area contributed by atoms with E-state index in [-0.39, 0.29) is 11.9 Å². The van der Waals surface area contributed by atoms with Gasteiger partial charge >= 0.3 is 6.03 Å². The van der Waals surface area contributed by atoms with Crippen molar-refractivity contribution >= 4 is 40.3 Å². The second kappa shape index (κ2) is 8.31. The predicted octanol–water partition coefficient (Wildman–Crippen LogP) is 4.60. The third-order valence-corrected chi connectivity index (χ3v) is 4.55. The van der Waals surface area contributed by atoms with Crippen LogP contribution >= 0.6 is 11.3 Å². The molecular weight excluding hydrogens is 346 g/mol. The van der Waals surface area contributed by atoms with Crippen LogP contribution in [0.1, 0.15) is 5.56 Å². The van der Waals surface area contributed by atoms with Crippen LogP contribution in [0.15, 0.2) is 71.4 Å². The number of nitrogens with zero attached hydrogens (tertiary/aromatic N) is 1. The minimum absolute atomic E-state index is 0.00658. The van der Waals surface area contributed by atoms with Crippen molar-refractivity contribution in [3.05, 3.63) is 77.0 Å². The van der Waals surface area contributed by atoms with E-state index >= 15 is 0 Å². The molecule has 0 saturated heterocycles. The molecular formula is C20H19N3O2S. The zero-order valence-electron chi connectivity index (χ0n) is 14.3. The minimum atomic E-state index is -0.295. The molecule has 0 atom stereocenters. The van der Waals surface area contributed by atoms with Gasteiger partial charge in [-0.05, 0) is 41.3 Å². The third kappa shape index (κ3) is 4.70. The van der Waals surface area contributed by atoms with E-state index in [1.165, 1.54) is 11.3 Å². The quantitative estimate of drug-likeness (QED) is 0.694. The number of likely N-dealkylation sites (N-methyl/N-ethyl adjacent to an activating group) is 1. The Hall–Kier alpha value is -3.12. The second-order valence-electron chi connectivity index (χ2n) is 5.75. The fraction of sp³-hybridized carbons (Fsp3) is 0.100. The molecule has 0 aliphatic carbocycles. The van der Waals surface area contributed by atoms with Gasteiger partial charge in [-0.2, -0.15) is 11.3 Å². The number of anilines is 3. The summed E-state index contributed by atoms with van der Waals surface area (Å²) in [5, 5.41) is 9.27. The number of para-hydroxylation sites is 1. The summed E-state index contributed by atoms with van der Waals surface area (Å²) in [6, 6.07) is 18.3. The van der Waals surface area contributed by atoms with Gasteiger partial charge in [-0.1, -0.05) is 30.3 Å². The van der Waals surface area contributed by atoms with Gasteiger partial charge in [0.1, 0.15) is 0 Å². The van der Waals surface area contributed by atoms with E-state index in [4.69, 9.17) is 0 Å². The molecule has 26 heavy (non-hydrogen) atoms. The van der Waals surface area contributed by atoms with E-state index in [1.807, 2.05) is 59.3 Å². The van der Waals surface area contributed by atoms with Gasteiger partial charge in [-0.3, -0.25) is 4.79 Å². The van der Waals surface area contributed by atoms with Gasteiger partial charge in [-0.25, -0.2) is 4.79 Å². The normalized spacial score (nSPS) is 10.2. The SMILES string of the molecule is CN(C(=O)Cc1ccc(NC(=O)Nc2ccsc2)cc1)c1ccccc1. The number of carbonyl (C=O) groups is 2. The summed E-state index contributed by atoms with van der Waals surface area (Å²) < 4.78 is 0. The maximum Gasteiger partial charge on any atom is 0.323 e. The molecule has 0 unspecified atom stereocenters. The van der Waals surface area contributed by atoms with Crippen molar-refractivity contribution in [2.75, 3.05) is 22.6 Å². The maximum atomic E-state index is 12.4. The van der Waals surface area contributed by atoms with Crippen LogP contribution in [0.2, 0.25) is 0 Å². The molecule has 2 N–H and O–H groups in total. The van der Waals surface area contributed by atoms with Crippen molar-refractivity contribution in [3.63, 3.8) is 0 Å². The summed E-state index contributed by atoms with van der Waals surface area (Å²) in [5.41, 5.74) is 3.19. The summed E-state index contributed by atoms with van der Waals surface area (Å²) in [5.74, 6) is 0.00658. The average Bonchev–Trinajstić information content (AvgIpc) is 3.16. The van der Waals surface area contributed by atoms with E-state index < -0.39 is 0 Å².